The second-order valence-electron chi connectivity index (χ2n) is 4.74. The van der Waals surface area contributed by atoms with Crippen molar-refractivity contribution in [2.24, 2.45) is 0 Å². The molecule has 6 nitrogen and oxygen atoms in total. The Hall–Kier alpha value is -3.33. The number of rotatable bonds is 6. The van der Waals surface area contributed by atoms with Gasteiger partial charge in [0.15, 0.2) is 0 Å². The molecule has 0 saturated heterocycles. The maximum absolute atomic E-state index is 11.8. The van der Waals surface area contributed by atoms with Crippen LogP contribution in [0.5, 0.6) is 0 Å². The Balaban J connectivity index is 1.79. The van der Waals surface area contributed by atoms with Crippen molar-refractivity contribution in [2.45, 2.75) is 19.3 Å². The monoisotopic (exact) mass is 325 g/mol. The Morgan fingerprint density at radius 1 is 0.875 bits per heavy atom. The number of ether oxygens (including phenoxy) is 3. The van der Waals surface area contributed by atoms with Gasteiger partial charge in [0.1, 0.15) is 19.3 Å². The minimum absolute atomic E-state index is 0.0136. The number of hydrogen-bond acceptors (Lipinski definition) is 6. The zero-order valence-electron chi connectivity index (χ0n) is 12.8. The van der Waals surface area contributed by atoms with Crippen LogP contribution in [0.4, 0.5) is 4.79 Å². The summed E-state index contributed by atoms with van der Waals surface area (Å²) in [6.45, 7) is -0.0306. The van der Waals surface area contributed by atoms with E-state index in [9.17, 15) is 9.59 Å². The molecular weight excluding hydrogens is 310 g/mol. The van der Waals surface area contributed by atoms with Crippen LogP contribution < -0.4 is 0 Å². The standard InChI is InChI=1S/C18H15NO5/c19-11-16(17(20)22-12-14-7-3-1-4-8-14)24-18(21)23-13-15-9-5-2-6-10-15/h1-10,16H,12-13H2. The third-order valence-electron chi connectivity index (χ3n) is 2.97. The van der Waals surface area contributed by atoms with E-state index in [4.69, 9.17) is 14.7 Å². The van der Waals surface area contributed by atoms with Gasteiger partial charge in [0.2, 0.25) is 0 Å². The van der Waals surface area contributed by atoms with E-state index in [-0.39, 0.29) is 13.2 Å². The molecule has 2 aromatic carbocycles. The Morgan fingerprint density at radius 2 is 1.38 bits per heavy atom. The fourth-order valence-corrected chi connectivity index (χ4v) is 1.78. The van der Waals surface area contributed by atoms with Gasteiger partial charge in [-0.05, 0) is 11.1 Å². The molecule has 0 amide bonds. The summed E-state index contributed by atoms with van der Waals surface area (Å²) >= 11 is 0. The van der Waals surface area contributed by atoms with Gasteiger partial charge in [0.25, 0.3) is 6.10 Å². The predicted octanol–water partition coefficient (Wildman–Crippen LogP) is 2.98. The molecule has 0 aliphatic heterocycles. The molecular formula is C18H15NO5. The molecule has 24 heavy (non-hydrogen) atoms. The predicted molar refractivity (Wildman–Crippen MR) is 83.4 cm³/mol. The summed E-state index contributed by atoms with van der Waals surface area (Å²) in [5.74, 6) is -0.946. The Morgan fingerprint density at radius 3 is 1.88 bits per heavy atom. The van der Waals surface area contributed by atoms with Crippen molar-refractivity contribution in [3.63, 3.8) is 0 Å². The second-order valence-corrected chi connectivity index (χ2v) is 4.74. The molecule has 0 fully saturated rings. The molecule has 0 radical (unpaired) electrons. The van der Waals surface area contributed by atoms with Crippen LogP contribution in [0.2, 0.25) is 0 Å². The normalized spacial score (nSPS) is 11.0. The smallest absolute Gasteiger partial charge is 0.457 e. The third-order valence-corrected chi connectivity index (χ3v) is 2.97. The number of esters is 1. The highest BCUT2D eigenvalue weighted by Gasteiger charge is 2.25. The average molecular weight is 325 g/mol. The topological polar surface area (TPSA) is 85.6 Å². The fraction of sp³-hybridized carbons (Fsp3) is 0.167. The summed E-state index contributed by atoms with van der Waals surface area (Å²) in [5.41, 5.74) is 1.52. The summed E-state index contributed by atoms with van der Waals surface area (Å²) in [7, 11) is 0. The lowest BCUT2D eigenvalue weighted by Crippen LogP contribution is -2.28. The van der Waals surface area contributed by atoms with E-state index >= 15 is 0 Å². The molecule has 0 aromatic heterocycles. The van der Waals surface area contributed by atoms with Gasteiger partial charge >= 0.3 is 12.1 Å². The van der Waals surface area contributed by atoms with Crippen molar-refractivity contribution in [3.8, 4) is 6.07 Å². The first-order valence-electron chi connectivity index (χ1n) is 7.16. The molecule has 6 heteroatoms. The summed E-state index contributed by atoms with van der Waals surface area (Å²) in [4.78, 5) is 23.3. The van der Waals surface area contributed by atoms with E-state index in [0.29, 0.717) is 0 Å². The maximum Gasteiger partial charge on any atom is 0.510 e. The van der Waals surface area contributed by atoms with E-state index in [1.54, 1.807) is 54.6 Å². The molecule has 122 valence electrons. The lowest BCUT2D eigenvalue weighted by atomic mass is 10.2. The SMILES string of the molecule is N#CC(OC(=O)OCc1ccccc1)C(=O)OCc1ccccc1. The van der Waals surface area contributed by atoms with Crippen molar-refractivity contribution < 1.29 is 23.8 Å². The van der Waals surface area contributed by atoms with E-state index in [1.165, 1.54) is 0 Å². The van der Waals surface area contributed by atoms with Crippen LogP contribution in [0.1, 0.15) is 11.1 Å². The van der Waals surface area contributed by atoms with Crippen LogP contribution in [0.15, 0.2) is 60.7 Å². The first-order chi connectivity index (χ1) is 11.7. The molecule has 0 N–H and O–H groups in total. The lowest BCUT2D eigenvalue weighted by Gasteiger charge is -2.11. The number of hydrogen-bond donors (Lipinski definition) is 0. The minimum atomic E-state index is -1.67. The van der Waals surface area contributed by atoms with Crippen LogP contribution in [0, 0.1) is 11.3 Å². The third kappa shape index (κ3) is 5.46. The molecule has 2 rings (SSSR count). The quantitative estimate of drug-likeness (QED) is 0.759. The number of nitriles is 1. The molecule has 0 bridgehead atoms. The lowest BCUT2D eigenvalue weighted by molar-refractivity contribution is -0.153. The molecule has 0 aliphatic carbocycles. The largest absolute Gasteiger partial charge is 0.510 e. The Labute approximate surface area is 139 Å². The molecule has 0 spiro atoms. The first-order valence-corrected chi connectivity index (χ1v) is 7.16. The van der Waals surface area contributed by atoms with Gasteiger partial charge in [0.05, 0.1) is 0 Å². The van der Waals surface area contributed by atoms with Crippen LogP contribution >= 0.6 is 0 Å². The van der Waals surface area contributed by atoms with Crippen molar-refractivity contribution >= 4 is 12.1 Å². The van der Waals surface area contributed by atoms with Gasteiger partial charge in [0, 0.05) is 0 Å². The summed E-state index contributed by atoms with van der Waals surface area (Å²) < 4.78 is 14.5. The van der Waals surface area contributed by atoms with Crippen LogP contribution in [-0.4, -0.2) is 18.2 Å². The molecule has 2 aromatic rings. The number of nitrogens with zero attached hydrogens (tertiary/aromatic N) is 1. The summed E-state index contributed by atoms with van der Waals surface area (Å²) in [6, 6.07) is 19.5. The van der Waals surface area contributed by atoms with E-state index < -0.39 is 18.2 Å². The number of carbonyl (C=O) groups excluding carboxylic acids is 2. The zero-order chi connectivity index (χ0) is 17.2. The van der Waals surface area contributed by atoms with Gasteiger partial charge in [-0.25, -0.2) is 9.59 Å². The average Bonchev–Trinajstić information content (AvgIpc) is 2.64. The van der Waals surface area contributed by atoms with Crippen molar-refractivity contribution in [1.29, 1.82) is 5.26 Å². The number of benzene rings is 2. The highest BCUT2D eigenvalue weighted by atomic mass is 16.7. The zero-order valence-corrected chi connectivity index (χ0v) is 12.8. The van der Waals surface area contributed by atoms with Crippen LogP contribution in [0.3, 0.4) is 0 Å². The first kappa shape index (κ1) is 17.0. The van der Waals surface area contributed by atoms with Crippen LogP contribution in [-0.2, 0) is 32.2 Å². The van der Waals surface area contributed by atoms with Crippen LogP contribution in [0.25, 0.3) is 0 Å². The van der Waals surface area contributed by atoms with Gasteiger partial charge in [-0.15, -0.1) is 0 Å². The second kappa shape index (κ2) is 8.96. The minimum Gasteiger partial charge on any atom is -0.457 e. The van der Waals surface area contributed by atoms with Crippen molar-refractivity contribution in [3.05, 3.63) is 71.8 Å². The highest BCUT2D eigenvalue weighted by Crippen LogP contribution is 2.06. The molecule has 0 aliphatic rings. The summed E-state index contributed by atoms with van der Waals surface area (Å²) in [6.07, 6.45) is -2.78. The molecule has 0 saturated carbocycles. The molecule has 1 atom stereocenters. The molecule has 1 unspecified atom stereocenters. The maximum atomic E-state index is 11.8. The van der Waals surface area contributed by atoms with Gasteiger partial charge < -0.3 is 14.2 Å². The Kier molecular flexibility index (Phi) is 6.35. The van der Waals surface area contributed by atoms with E-state index in [2.05, 4.69) is 4.74 Å². The van der Waals surface area contributed by atoms with Gasteiger partial charge in [-0.1, -0.05) is 60.7 Å². The van der Waals surface area contributed by atoms with E-state index in [0.717, 1.165) is 11.1 Å². The Bertz CT molecular complexity index is 709. The van der Waals surface area contributed by atoms with Crippen molar-refractivity contribution in [1.82, 2.24) is 0 Å². The van der Waals surface area contributed by atoms with Gasteiger partial charge in [-0.2, -0.15) is 5.26 Å². The molecule has 0 heterocycles. The number of carbonyl (C=O) groups is 2. The van der Waals surface area contributed by atoms with Gasteiger partial charge in [-0.3, -0.25) is 0 Å². The summed E-state index contributed by atoms with van der Waals surface area (Å²) in [5, 5.41) is 8.94. The van der Waals surface area contributed by atoms with E-state index in [1.807, 2.05) is 12.1 Å². The highest BCUT2D eigenvalue weighted by molar-refractivity contribution is 5.80. The fourth-order valence-electron chi connectivity index (χ4n) is 1.78. The van der Waals surface area contributed by atoms with Crippen molar-refractivity contribution in [2.75, 3.05) is 0 Å².